The van der Waals surface area contributed by atoms with Crippen LogP contribution in [0.3, 0.4) is 0 Å². The molecule has 1 aromatic rings. The van der Waals surface area contributed by atoms with Crippen LogP contribution in [0.15, 0.2) is 18.6 Å². The van der Waals surface area contributed by atoms with Crippen molar-refractivity contribution in [2.45, 2.75) is 37.0 Å². The van der Waals surface area contributed by atoms with Gasteiger partial charge in [-0.1, -0.05) is 0 Å². The van der Waals surface area contributed by atoms with E-state index in [4.69, 9.17) is 20.9 Å². The second-order valence-electron chi connectivity index (χ2n) is 6.36. The molecule has 0 saturated carbocycles. The van der Waals surface area contributed by atoms with E-state index in [-0.39, 0.29) is 6.42 Å². The molecule has 170 valence electrons. The number of hydrogen-bond donors (Lipinski definition) is 3. The zero-order chi connectivity index (χ0) is 23.5. The molecule has 0 unspecified atom stereocenters. The van der Waals surface area contributed by atoms with Crippen LogP contribution in [-0.2, 0) is 14.4 Å². The molecule has 1 aliphatic heterocycles. The van der Waals surface area contributed by atoms with Gasteiger partial charge in [0, 0.05) is 24.7 Å². The minimum Gasteiger partial charge on any atom is -0.475 e. The maximum atomic E-state index is 12.5. The number of nitrogens with one attached hydrogen (secondary N) is 1. The molecule has 14 heteroatoms. The minimum atomic E-state index is -5.08. The van der Waals surface area contributed by atoms with Crippen molar-refractivity contribution in [1.29, 1.82) is 5.26 Å². The lowest BCUT2D eigenvalue weighted by Crippen LogP contribution is -2.57. The molecule has 2 rings (SSSR count). The van der Waals surface area contributed by atoms with Gasteiger partial charge in [0.1, 0.15) is 18.1 Å². The van der Waals surface area contributed by atoms with Crippen molar-refractivity contribution in [3.8, 4) is 6.07 Å². The van der Waals surface area contributed by atoms with Gasteiger partial charge in [-0.3, -0.25) is 9.78 Å². The number of carbonyl (C=O) groups is 3. The number of halogens is 3. The minimum absolute atomic E-state index is 0.247. The van der Waals surface area contributed by atoms with E-state index >= 15 is 0 Å². The normalized spacial score (nSPS) is 17.5. The SMILES string of the molecule is N#C[C@@H]1CSCN1C(=O)[C@](N)(C=O)CCCCNc1cnccn1.O=C(O)C(F)(F)F. The summed E-state index contributed by atoms with van der Waals surface area (Å²) in [5, 5.41) is 19.3. The Labute approximate surface area is 180 Å². The van der Waals surface area contributed by atoms with E-state index in [1.807, 2.05) is 0 Å². The maximum absolute atomic E-state index is 12.5. The first-order valence-corrected chi connectivity index (χ1v) is 10.0. The predicted molar refractivity (Wildman–Crippen MR) is 105 cm³/mol. The first kappa shape index (κ1) is 26.1. The highest BCUT2D eigenvalue weighted by Gasteiger charge is 2.41. The largest absolute Gasteiger partial charge is 0.490 e. The van der Waals surface area contributed by atoms with Crippen LogP contribution >= 0.6 is 11.8 Å². The third-order valence-corrected chi connectivity index (χ3v) is 5.04. The molecule has 0 radical (unpaired) electrons. The molecule has 1 amide bonds. The fourth-order valence-electron chi connectivity index (χ4n) is 2.38. The number of carboxylic acids is 1. The average molecular weight is 462 g/mol. The quantitative estimate of drug-likeness (QED) is 0.289. The van der Waals surface area contributed by atoms with E-state index in [0.717, 1.165) is 6.42 Å². The molecule has 4 N–H and O–H groups in total. The van der Waals surface area contributed by atoms with Gasteiger partial charge in [0.15, 0.2) is 5.54 Å². The lowest BCUT2D eigenvalue weighted by molar-refractivity contribution is -0.192. The summed E-state index contributed by atoms with van der Waals surface area (Å²) in [5.74, 6) is -1.59. The van der Waals surface area contributed by atoms with Crippen LogP contribution in [0.25, 0.3) is 0 Å². The van der Waals surface area contributed by atoms with Crippen molar-refractivity contribution in [3.63, 3.8) is 0 Å². The number of aromatic nitrogens is 2. The van der Waals surface area contributed by atoms with Gasteiger partial charge in [0.25, 0.3) is 5.91 Å². The highest BCUT2D eigenvalue weighted by molar-refractivity contribution is 7.99. The van der Waals surface area contributed by atoms with Gasteiger partial charge in [-0.25, -0.2) is 9.78 Å². The number of carboxylic acid groups (broad SMARTS) is 1. The van der Waals surface area contributed by atoms with Crippen LogP contribution in [-0.4, -0.2) is 74.1 Å². The van der Waals surface area contributed by atoms with Gasteiger partial charge < -0.3 is 25.9 Å². The summed E-state index contributed by atoms with van der Waals surface area (Å²) in [6, 6.07) is 1.57. The Bertz CT molecular complexity index is 792. The van der Waals surface area contributed by atoms with E-state index in [1.165, 1.54) is 16.7 Å². The van der Waals surface area contributed by atoms with E-state index in [9.17, 15) is 22.8 Å². The zero-order valence-electron chi connectivity index (χ0n) is 16.2. The Balaban J connectivity index is 0.000000592. The molecule has 0 spiro atoms. The number of alkyl halides is 3. The number of aliphatic carboxylic acids is 1. The molecule has 1 fully saturated rings. The number of anilines is 1. The third-order valence-electron chi connectivity index (χ3n) is 4.03. The van der Waals surface area contributed by atoms with E-state index in [1.54, 1.807) is 18.6 Å². The van der Waals surface area contributed by atoms with Gasteiger partial charge in [-0.05, 0) is 19.3 Å². The Morgan fingerprint density at radius 2 is 2.10 bits per heavy atom. The number of carbonyl (C=O) groups excluding carboxylic acids is 2. The lowest BCUT2D eigenvalue weighted by Gasteiger charge is -2.29. The predicted octanol–water partition coefficient (Wildman–Crippen LogP) is 1.01. The Hall–Kier alpha value is -2.92. The summed E-state index contributed by atoms with van der Waals surface area (Å²) in [6.45, 7) is 0.641. The van der Waals surface area contributed by atoms with Gasteiger partial charge >= 0.3 is 12.1 Å². The Morgan fingerprint density at radius 1 is 1.42 bits per heavy atom. The van der Waals surface area contributed by atoms with Crippen molar-refractivity contribution >= 4 is 35.7 Å². The average Bonchev–Trinajstić information content (AvgIpc) is 3.22. The van der Waals surface area contributed by atoms with Crippen LogP contribution in [0.5, 0.6) is 0 Å². The van der Waals surface area contributed by atoms with Crippen LogP contribution in [0, 0.1) is 11.3 Å². The number of nitrogens with two attached hydrogens (primary N) is 1. The molecule has 10 nitrogen and oxygen atoms in total. The van der Waals surface area contributed by atoms with Crippen molar-refractivity contribution in [2.24, 2.45) is 5.73 Å². The summed E-state index contributed by atoms with van der Waals surface area (Å²) in [4.78, 5) is 42.3. The van der Waals surface area contributed by atoms with E-state index < -0.39 is 29.6 Å². The Kier molecular flexibility index (Phi) is 10.2. The van der Waals surface area contributed by atoms with Crippen molar-refractivity contribution in [3.05, 3.63) is 18.6 Å². The molecule has 2 heterocycles. The number of thioether (sulfide) groups is 1. The molecule has 0 aromatic carbocycles. The van der Waals surface area contributed by atoms with Crippen molar-refractivity contribution < 1.29 is 32.7 Å². The molecular weight excluding hydrogens is 441 g/mol. The second-order valence-corrected chi connectivity index (χ2v) is 7.36. The monoisotopic (exact) mass is 462 g/mol. The number of aldehydes is 1. The van der Waals surface area contributed by atoms with Crippen LogP contribution < -0.4 is 11.1 Å². The van der Waals surface area contributed by atoms with Crippen LogP contribution in [0.2, 0.25) is 0 Å². The van der Waals surface area contributed by atoms with Crippen LogP contribution in [0.4, 0.5) is 19.0 Å². The summed E-state index contributed by atoms with van der Waals surface area (Å²) in [5.41, 5.74) is 4.45. The smallest absolute Gasteiger partial charge is 0.475 e. The Morgan fingerprint density at radius 3 is 2.61 bits per heavy atom. The molecule has 31 heavy (non-hydrogen) atoms. The summed E-state index contributed by atoms with van der Waals surface area (Å²) in [7, 11) is 0. The summed E-state index contributed by atoms with van der Waals surface area (Å²) in [6.07, 6.45) is 1.81. The van der Waals surface area contributed by atoms with Gasteiger partial charge in [-0.15, -0.1) is 11.8 Å². The van der Waals surface area contributed by atoms with E-state index in [2.05, 4.69) is 21.4 Å². The lowest BCUT2D eigenvalue weighted by atomic mass is 9.93. The number of hydrogen-bond acceptors (Lipinski definition) is 9. The summed E-state index contributed by atoms with van der Waals surface area (Å²) >= 11 is 1.49. The number of nitrogens with zero attached hydrogens (tertiary/aromatic N) is 4. The number of amides is 1. The molecule has 1 saturated heterocycles. The molecule has 2 atom stereocenters. The number of rotatable bonds is 8. The molecular formula is C17H21F3N6O4S. The molecule has 0 bridgehead atoms. The fraction of sp³-hybridized carbons (Fsp3) is 0.529. The van der Waals surface area contributed by atoms with Crippen molar-refractivity contribution in [1.82, 2.24) is 14.9 Å². The highest BCUT2D eigenvalue weighted by atomic mass is 32.2. The third kappa shape index (κ3) is 8.38. The fourth-order valence-corrected chi connectivity index (χ4v) is 3.46. The molecule has 0 aliphatic carbocycles. The second kappa shape index (κ2) is 12.1. The van der Waals surface area contributed by atoms with E-state index in [0.29, 0.717) is 36.7 Å². The molecule has 1 aliphatic rings. The zero-order valence-corrected chi connectivity index (χ0v) is 17.0. The maximum Gasteiger partial charge on any atom is 0.490 e. The topological polar surface area (TPSA) is 162 Å². The van der Waals surface area contributed by atoms with Gasteiger partial charge in [0.2, 0.25) is 0 Å². The van der Waals surface area contributed by atoms with Gasteiger partial charge in [0.05, 0.1) is 18.1 Å². The first-order chi connectivity index (χ1) is 14.5. The van der Waals surface area contributed by atoms with Crippen molar-refractivity contribution in [2.75, 3.05) is 23.5 Å². The number of unbranched alkanes of at least 4 members (excludes halogenated alkanes) is 1. The van der Waals surface area contributed by atoms with Crippen LogP contribution in [0.1, 0.15) is 19.3 Å². The molecule has 1 aromatic heterocycles. The van der Waals surface area contributed by atoms with Gasteiger partial charge in [-0.2, -0.15) is 18.4 Å². The number of nitriles is 1. The highest BCUT2D eigenvalue weighted by Crippen LogP contribution is 2.24. The first-order valence-electron chi connectivity index (χ1n) is 8.89. The summed E-state index contributed by atoms with van der Waals surface area (Å²) < 4.78 is 31.7. The standard InChI is InChI=1S/C15H20N6O2S.C2HF3O2/c16-7-12-9-24-11-21(12)14(23)15(17,10-22)3-1-2-4-19-13-8-18-5-6-20-13;3-2(4,5)1(6)7/h5-6,8,10,12H,1-4,9,11,17H2,(H,19,20);(H,6,7)/t12-,15-;/m1./s1.